The van der Waals surface area contributed by atoms with E-state index < -0.39 is 0 Å². The summed E-state index contributed by atoms with van der Waals surface area (Å²) in [6, 6.07) is 8.08. The summed E-state index contributed by atoms with van der Waals surface area (Å²) in [6.45, 7) is 9.04. The molecule has 2 N–H and O–H groups in total. The lowest BCUT2D eigenvalue weighted by Crippen LogP contribution is -2.54. The molecule has 2 fully saturated rings. The first kappa shape index (κ1) is 22.8. The molecule has 2 aliphatic heterocycles. The minimum Gasteiger partial charge on any atom is -0.395 e. The number of benzene rings is 1. The van der Waals surface area contributed by atoms with Crippen molar-refractivity contribution < 1.29 is 5.11 Å². The summed E-state index contributed by atoms with van der Waals surface area (Å²) in [4.78, 5) is 13.7. The van der Waals surface area contributed by atoms with Crippen molar-refractivity contribution in [3.8, 4) is 6.07 Å². The van der Waals surface area contributed by atoms with E-state index in [0.717, 1.165) is 43.9 Å². The van der Waals surface area contributed by atoms with E-state index in [-0.39, 0.29) is 12.6 Å². The smallest absolute Gasteiger partial charge is 0.227 e. The third kappa shape index (κ3) is 4.98. The quantitative estimate of drug-likeness (QED) is 0.660. The van der Waals surface area contributed by atoms with Crippen molar-refractivity contribution in [1.29, 1.82) is 5.26 Å². The number of rotatable bonds is 7. The number of hydrogen-bond donors (Lipinski definition) is 2. The number of aromatic nitrogens is 2. The van der Waals surface area contributed by atoms with E-state index in [9.17, 15) is 10.4 Å². The van der Waals surface area contributed by atoms with Crippen LogP contribution in [0.25, 0.3) is 0 Å². The number of β-amino-alcohol motifs (C(OH)–C–C–N with tert-alkyl or cyclic N) is 1. The summed E-state index contributed by atoms with van der Waals surface area (Å²) in [5.41, 5.74) is 2.50. The summed E-state index contributed by atoms with van der Waals surface area (Å²) in [7, 11) is 0. The van der Waals surface area contributed by atoms with Crippen LogP contribution >= 0.6 is 11.6 Å². The number of aryl methyl sites for hydroxylation is 1. The second-order valence-corrected chi connectivity index (χ2v) is 9.43. The maximum absolute atomic E-state index is 9.54. The molecule has 1 aromatic carbocycles. The molecule has 7 nitrogen and oxygen atoms in total. The van der Waals surface area contributed by atoms with E-state index in [2.05, 4.69) is 26.2 Å². The van der Waals surface area contributed by atoms with Gasteiger partial charge in [0.05, 0.1) is 18.8 Å². The lowest BCUT2D eigenvalue weighted by atomic mass is 9.81. The molecule has 2 atom stereocenters. The maximum Gasteiger partial charge on any atom is 0.227 e. The summed E-state index contributed by atoms with van der Waals surface area (Å²) in [6.07, 6.45) is 4.05. The molecule has 2 saturated heterocycles. The Bertz CT molecular complexity index is 985. The van der Waals surface area contributed by atoms with Gasteiger partial charge in [0.1, 0.15) is 17.5 Å². The van der Waals surface area contributed by atoms with E-state index >= 15 is 0 Å². The van der Waals surface area contributed by atoms with E-state index in [0.29, 0.717) is 34.2 Å². The van der Waals surface area contributed by atoms with Gasteiger partial charge in [0.15, 0.2) is 0 Å². The van der Waals surface area contributed by atoms with Crippen LogP contribution in [0, 0.1) is 30.1 Å². The number of aliphatic hydroxyl groups excluding tert-OH is 1. The summed E-state index contributed by atoms with van der Waals surface area (Å²) in [5.74, 6) is 2.48. The Kier molecular flexibility index (Phi) is 7.14. The number of nitrogens with one attached hydrogen (secondary N) is 1. The fourth-order valence-corrected chi connectivity index (χ4v) is 5.18. The monoisotopic (exact) mass is 454 g/mol. The van der Waals surface area contributed by atoms with Crippen LogP contribution in [-0.4, -0.2) is 59.3 Å². The average molecular weight is 455 g/mol. The number of nitrogens with zero attached hydrogens (tertiary/aromatic N) is 5. The molecule has 0 aliphatic carbocycles. The Labute approximate surface area is 195 Å². The topological polar surface area (TPSA) is 88.3 Å². The van der Waals surface area contributed by atoms with Gasteiger partial charge in [0.25, 0.3) is 0 Å². The van der Waals surface area contributed by atoms with Crippen LogP contribution in [0.1, 0.15) is 42.5 Å². The molecule has 1 aromatic heterocycles. The summed E-state index contributed by atoms with van der Waals surface area (Å²) >= 11 is 6.43. The molecule has 4 rings (SSSR count). The number of piperidine rings is 1. The van der Waals surface area contributed by atoms with Gasteiger partial charge in [0, 0.05) is 31.2 Å². The van der Waals surface area contributed by atoms with E-state index in [4.69, 9.17) is 16.6 Å². The van der Waals surface area contributed by atoms with Crippen LogP contribution in [0.4, 0.5) is 11.8 Å². The Balaban J connectivity index is 1.42. The van der Waals surface area contributed by atoms with Gasteiger partial charge in [-0.1, -0.05) is 23.7 Å². The largest absolute Gasteiger partial charge is 0.395 e. The van der Waals surface area contributed by atoms with Gasteiger partial charge in [-0.3, -0.25) is 0 Å². The molecule has 170 valence electrons. The Morgan fingerprint density at radius 1 is 1.31 bits per heavy atom. The fraction of sp³-hybridized carbons (Fsp3) is 0.542. The highest BCUT2D eigenvalue weighted by atomic mass is 35.5. The molecule has 0 bridgehead atoms. The second kappa shape index (κ2) is 10.0. The van der Waals surface area contributed by atoms with Gasteiger partial charge in [-0.15, -0.1) is 0 Å². The highest BCUT2D eigenvalue weighted by molar-refractivity contribution is 6.31. The van der Waals surface area contributed by atoms with E-state index in [1.807, 2.05) is 32.0 Å². The molecule has 0 saturated carbocycles. The predicted octanol–water partition coefficient (Wildman–Crippen LogP) is 3.62. The Hall–Kier alpha value is -2.40. The highest BCUT2D eigenvalue weighted by Gasteiger charge is 2.37. The summed E-state index contributed by atoms with van der Waals surface area (Å²) in [5, 5.41) is 22.8. The number of nitriles is 1. The van der Waals surface area contributed by atoms with Crippen molar-refractivity contribution in [1.82, 2.24) is 14.9 Å². The Morgan fingerprint density at radius 2 is 2.12 bits per heavy atom. The first-order valence-corrected chi connectivity index (χ1v) is 11.7. The van der Waals surface area contributed by atoms with E-state index in [1.165, 1.54) is 12.8 Å². The van der Waals surface area contributed by atoms with Crippen LogP contribution in [0.15, 0.2) is 24.4 Å². The molecule has 8 heteroatoms. The molecule has 0 radical (unpaired) electrons. The average Bonchev–Trinajstić information content (AvgIpc) is 2.73. The van der Waals surface area contributed by atoms with Crippen molar-refractivity contribution in [2.45, 2.75) is 32.7 Å². The molecular formula is C24H31ClN6O. The lowest BCUT2D eigenvalue weighted by Gasteiger charge is -2.46. The normalized spacial score (nSPS) is 20.5. The second-order valence-electron chi connectivity index (χ2n) is 9.03. The van der Waals surface area contributed by atoms with Gasteiger partial charge in [0.2, 0.25) is 5.95 Å². The predicted molar refractivity (Wildman–Crippen MR) is 127 cm³/mol. The number of likely N-dealkylation sites (tertiary alicyclic amines) is 1. The number of aliphatic hydroxyl groups is 1. The van der Waals surface area contributed by atoms with Crippen LogP contribution in [-0.2, 0) is 0 Å². The van der Waals surface area contributed by atoms with Crippen LogP contribution in [0.2, 0.25) is 5.02 Å². The SMILES string of the molecule is Cc1ccc([C@@H](C)Nc2nc(N3CC([C@H]4CCCN(CCO)C4)C3)ncc2C#N)c(Cl)c1. The van der Waals surface area contributed by atoms with Gasteiger partial charge in [-0.25, -0.2) is 4.98 Å². The van der Waals surface area contributed by atoms with Gasteiger partial charge in [-0.05, 0) is 62.3 Å². The first-order chi connectivity index (χ1) is 15.5. The lowest BCUT2D eigenvalue weighted by molar-refractivity contribution is 0.101. The van der Waals surface area contributed by atoms with Crippen LogP contribution in [0.5, 0.6) is 0 Å². The maximum atomic E-state index is 9.54. The van der Waals surface area contributed by atoms with Gasteiger partial charge in [-0.2, -0.15) is 10.2 Å². The molecule has 2 aliphatic rings. The van der Waals surface area contributed by atoms with Crippen molar-refractivity contribution in [2.75, 3.05) is 49.5 Å². The van der Waals surface area contributed by atoms with Crippen molar-refractivity contribution in [3.05, 3.63) is 46.1 Å². The van der Waals surface area contributed by atoms with E-state index in [1.54, 1.807) is 6.20 Å². The number of halogens is 1. The zero-order chi connectivity index (χ0) is 22.7. The zero-order valence-electron chi connectivity index (χ0n) is 18.8. The van der Waals surface area contributed by atoms with Crippen molar-refractivity contribution in [2.24, 2.45) is 11.8 Å². The highest BCUT2D eigenvalue weighted by Crippen LogP contribution is 2.34. The Morgan fingerprint density at radius 3 is 2.84 bits per heavy atom. The molecule has 32 heavy (non-hydrogen) atoms. The van der Waals surface area contributed by atoms with Gasteiger partial charge >= 0.3 is 0 Å². The number of anilines is 2. The third-order valence-corrected chi connectivity index (χ3v) is 7.02. The molecular weight excluding hydrogens is 424 g/mol. The van der Waals surface area contributed by atoms with Crippen molar-refractivity contribution in [3.63, 3.8) is 0 Å². The number of hydrogen-bond acceptors (Lipinski definition) is 7. The minimum absolute atomic E-state index is 0.0955. The standard InChI is InChI=1S/C24H31ClN6O/c1-16-5-6-21(22(25)10-16)17(2)28-23-19(11-26)12-27-24(29-23)31-14-20(15-31)18-4-3-7-30(13-18)8-9-32/h5-6,10,12,17-18,20,32H,3-4,7-9,13-15H2,1-2H3,(H,27,28,29)/t17-,18+/m1/s1. The first-order valence-electron chi connectivity index (χ1n) is 11.4. The fourth-order valence-electron chi connectivity index (χ4n) is 4.78. The van der Waals surface area contributed by atoms with Crippen LogP contribution in [0.3, 0.4) is 0 Å². The molecule has 0 unspecified atom stereocenters. The minimum atomic E-state index is -0.0955. The molecule has 0 spiro atoms. The molecule has 3 heterocycles. The third-order valence-electron chi connectivity index (χ3n) is 6.69. The molecule has 2 aromatic rings. The summed E-state index contributed by atoms with van der Waals surface area (Å²) < 4.78 is 0. The van der Waals surface area contributed by atoms with Gasteiger partial charge < -0.3 is 20.2 Å². The molecule has 0 amide bonds. The zero-order valence-corrected chi connectivity index (χ0v) is 19.5. The van der Waals surface area contributed by atoms with Crippen LogP contribution < -0.4 is 10.2 Å². The van der Waals surface area contributed by atoms with Crippen molar-refractivity contribution >= 4 is 23.4 Å².